The SMILES string of the molecule is CCC(C)C(NC(=O)CC(C)CC(C)(C)C)C(=O)N1CCN(C(=O)C2CCCCC2)C(C)C1. The van der Waals surface area contributed by atoms with Gasteiger partial charge in [0.15, 0.2) is 0 Å². The highest BCUT2D eigenvalue weighted by molar-refractivity contribution is 5.88. The molecule has 6 heteroatoms. The van der Waals surface area contributed by atoms with E-state index in [1.54, 1.807) is 0 Å². The highest BCUT2D eigenvalue weighted by Crippen LogP contribution is 2.28. The van der Waals surface area contributed by atoms with Crippen molar-refractivity contribution < 1.29 is 14.4 Å². The van der Waals surface area contributed by atoms with Crippen molar-refractivity contribution in [2.45, 2.75) is 112 Å². The summed E-state index contributed by atoms with van der Waals surface area (Å²) >= 11 is 0. The lowest BCUT2D eigenvalue weighted by molar-refractivity contribution is -0.148. The van der Waals surface area contributed by atoms with Crippen molar-refractivity contribution in [2.24, 2.45) is 23.2 Å². The summed E-state index contributed by atoms with van der Waals surface area (Å²) in [6.45, 7) is 16.5. The molecule has 3 amide bonds. The third kappa shape index (κ3) is 8.29. The predicted octanol–water partition coefficient (Wildman–Crippen LogP) is 4.62. The van der Waals surface area contributed by atoms with Gasteiger partial charge in [-0.15, -0.1) is 0 Å². The smallest absolute Gasteiger partial charge is 0.245 e. The van der Waals surface area contributed by atoms with Crippen molar-refractivity contribution in [1.29, 1.82) is 0 Å². The first-order valence-corrected chi connectivity index (χ1v) is 13.3. The molecule has 1 N–H and O–H groups in total. The summed E-state index contributed by atoms with van der Waals surface area (Å²) in [7, 11) is 0. The number of amides is 3. The van der Waals surface area contributed by atoms with Gasteiger partial charge in [0.05, 0.1) is 0 Å². The van der Waals surface area contributed by atoms with E-state index in [9.17, 15) is 14.4 Å². The van der Waals surface area contributed by atoms with Crippen molar-refractivity contribution in [3.63, 3.8) is 0 Å². The van der Waals surface area contributed by atoms with Crippen LogP contribution in [0.4, 0.5) is 0 Å². The molecular weight excluding hydrogens is 414 g/mol. The van der Waals surface area contributed by atoms with E-state index in [2.05, 4.69) is 39.9 Å². The molecular formula is C27H49N3O3. The zero-order valence-electron chi connectivity index (χ0n) is 22.3. The van der Waals surface area contributed by atoms with Crippen LogP contribution in [0.3, 0.4) is 0 Å². The second-order valence-electron chi connectivity index (χ2n) is 12.0. The second kappa shape index (κ2) is 12.2. The number of hydrogen-bond acceptors (Lipinski definition) is 3. The Kier molecular flexibility index (Phi) is 10.2. The molecule has 1 heterocycles. The molecule has 0 aromatic rings. The quantitative estimate of drug-likeness (QED) is 0.571. The molecule has 33 heavy (non-hydrogen) atoms. The highest BCUT2D eigenvalue weighted by atomic mass is 16.2. The van der Waals surface area contributed by atoms with E-state index in [0.717, 1.165) is 38.5 Å². The summed E-state index contributed by atoms with van der Waals surface area (Å²) in [5, 5.41) is 3.07. The Hall–Kier alpha value is -1.59. The monoisotopic (exact) mass is 463 g/mol. The molecule has 0 aromatic heterocycles. The van der Waals surface area contributed by atoms with Gasteiger partial charge in [0.2, 0.25) is 17.7 Å². The van der Waals surface area contributed by atoms with Gasteiger partial charge in [-0.25, -0.2) is 0 Å². The summed E-state index contributed by atoms with van der Waals surface area (Å²) in [4.78, 5) is 43.2. The number of nitrogens with one attached hydrogen (secondary N) is 1. The zero-order valence-corrected chi connectivity index (χ0v) is 22.3. The molecule has 0 bridgehead atoms. The summed E-state index contributed by atoms with van der Waals surface area (Å²) in [6, 6.07) is -0.491. The van der Waals surface area contributed by atoms with Crippen LogP contribution < -0.4 is 5.32 Å². The topological polar surface area (TPSA) is 69.7 Å². The Labute approximate surface area is 202 Å². The number of hydrogen-bond donors (Lipinski definition) is 1. The summed E-state index contributed by atoms with van der Waals surface area (Å²) in [6.07, 6.45) is 7.76. The first kappa shape index (κ1) is 27.7. The average molecular weight is 464 g/mol. The van der Waals surface area contributed by atoms with Gasteiger partial charge in [-0.2, -0.15) is 0 Å². The number of carbonyl (C=O) groups is 3. The largest absolute Gasteiger partial charge is 0.344 e. The Morgan fingerprint density at radius 1 is 1.03 bits per heavy atom. The van der Waals surface area contributed by atoms with Crippen LogP contribution in [0.25, 0.3) is 0 Å². The first-order valence-electron chi connectivity index (χ1n) is 13.3. The van der Waals surface area contributed by atoms with Gasteiger partial charge < -0.3 is 15.1 Å². The fraction of sp³-hybridized carbons (Fsp3) is 0.889. The van der Waals surface area contributed by atoms with Gasteiger partial charge in [0.1, 0.15) is 6.04 Å². The van der Waals surface area contributed by atoms with Gasteiger partial charge >= 0.3 is 0 Å². The Morgan fingerprint density at radius 2 is 1.67 bits per heavy atom. The van der Waals surface area contributed by atoms with Crippen molar-refractivity contribution >= 4 is 17.7 Å². The number of rotatable bonds is 8. The minimum Gasteiger partial charge on any atom is -0.344 e. The molecule has 4 atom stereocenters. The van der Waals surface area contributed by atoms with Crippen LogP contribution in [0.1, 0.15) is 99.8 Å². The van der Waals surface area contributed by atoms with Gasteiger partial charge in [0, 0.05) is 38.0 Å². The molecule has 1 saturated heterocycles. The molecule has 1 aliphatic heterocycles. The van der Waals surface area contributed by atoms with Crippen molar-refractivity contribution in [3.8, 4) is 0 Å². The number of piperazine rings is 1. The minimum absolute atomic E-state index is 0.00205. The molecule has 1 aliphatic carbocycles. The molecule has 2 fully saturated rings. The molecule has 4 unspecified atom stereocenters. The third-order valence-electron chi connectivity index (χ3n) is 7.47. The van der Waals surface area contributed by atoms with Crippen molar-refractivity contribution in [3.05, 3.63) is 0 Å². The summed E-state index contributed by atoms with van der Waals surface area (Å²) in [5.41, 5.74) is 0.177. The standard InChI is InChI=1S/C27H49N3O3/c1-8-20(3)24(28-23(31)16-19(2)17-27(5,6)7)26(33)29-14-15-30(21(4)18-29)25(32)22-12-10-9-11-13-22/h19-22,24H,8-18H2,1-7H3,(H,28,31). The average Bonchev–Trinajstić information content (AvgIpc) is 2.75. The Balaban J connectivity index is 1.97. The van der Waals surface area contributed by atoms with Gasteiger partial charge in [-0.1, -0.05) is 67.2 Å². The van der Waals surface area contributed by atoms with Crippen LogP contribution in [0.15, 0.2) is 0 Å². The summed E-state index contributed by atoms with van der Waals surface area (Å²) < 4.78 is 0. The number of carbonyl (C=O) groups excluding carboxylic acids is 3. The second-order valence-corrected chi connectivity index (χ2v) is 12.0. The highest BCUT2D eigenvalue weighted by Gasteiger charge is 2.37. The number of nitrogens with zero attached hydrogens (tertiary/aromatic N) is 2. The maximum atomic E-state index is 13.5. The van der Waals surface area contributed by atoms with E-state index >= 15 is 0 Å². The van der Waals surface area contributed by atoms with Crippen LogP contribution in [0, 0.1) is 23.2 Å². The molecule has 2 rings (SSSR count). The lowest BCUT2D eigenvalue weighted by Gasteiger charge is -2.43. The van der Waals surface area contributed by atoms with Crippen molar-refractivity contribution in [1.82, 2.24) is 15.1 Å². The Bertz CT molecular complexity index is 666. The molecule has 6 nitrogen and oxygen atoms in total. The van der Waals surface area contributed by atoms with Gasteiger partial charge in [-0.3, -0.25) is 14.4 Å². The minimum atomic E-state index is -0.503. The fourth-order valence-corrected chi connectivity index (χ4v) is 5.62. The molecule has 0 radical (unpaired) electrons. The van der Waals surface area contributed by atoms with Crippen LogP contribution in [-0.4, -0.2) is 59.2 Å². The van der Waals surface area contributed by atoms with E-state index in [0.29, 0.717) is 26.1 Å². The third-order valence-corrected chi connectivity index (χ3v) is 7.47. The lowest BCUT2D eigenvalue weighted by atomic mass is 9.84. The van der Waals surface area contributed by atoms with E-state index in [1.165, 1.54) is 6.42 Å². The van der Waals surface area contributed by atoms with Crippen LogP contribution in [0.5, 0.6) is 0 Å². The lowest BCUT2D eigenvalue weighted by Crippen LogP contribution is -2.60. The van der Waals surface area contributed by atoms with E-state index in [-0.39, 0.29) is 46.9 Å². The molecule has 190 valence electrons. The van der Waals surface area contributed by atoms with E-state index in [1.807, 2.05) is 23.6 Å². The molecule has 1 saturated carbocycles. The molecule has 2 aliphatic rings. The molecule has 0 aromatic carbocycles. The summed E-state index contributed by atoms with van der Waals surface area (Å²) in [5.74, 6) is 0.727. The van der Waals surface area contributed by atoms with Crippen LogP contribution in [-0.2, 0) is 14.4 Å². The van der Waals surface area contributed by atoms with E-state index in [4.69, 9.17) is 0 Å². The molecule has 0 spiro atoms. The normalized spacial score (nSPS) is 23.1. The predicted molar refractivity (Wildman–Crippen MR) is 134 cm³/mol. The van der Waals surface area contributed by atoms with Crippen LogP contribution >= 0.6 is 0 Å². The maximum absolute atomic E-state index is 13.5. The fourth-order valence-electron chi connectivity index (χ4n) is 5.62. The zero-order chi connectivity index (χ0) is 24.8. The van der Waals surface area contributed by atoms with Crippen LogP contribution in [0.2, 0.25) is 0 Å². The first-order chi connectivity index (χ1) is 15.4. The van der Waals surface area contributed by atoms with Gasteiger partial charge in [-0.05, 0) is 43.4 Å². The van der Waals surface area contributed by atoms with Crippen molar-refractivity contribution in [2.75, 3.05) is 19.6 Å². The van der Waals surface area contributed by atoms with Gasteiger partial charge in [0.25, 0.3) is 0 Å². The van der Waals surface area contributed by atoms with E-state index < -0.39 is 6.04 Å². The Morgan fingerprint density at radius 3 is 2.21 bits per heavy atom. The maximum Gasteiger partial charge on any atom is 0.245 e.